The minimum Gasteiger partial charge on any atom is -0.507 e. The number of thiazole rings is 1. The van der Waals surface area contributed by atoms with Gasteiger partial charge in [-0.3, -0.25) is 14.5 Å². The van der Waals surface area contributed by atoms with E-state index in [2.05, 4.69) is 4.98 Å². The molecule has 0 unspecified atom stereocenters. The Labute approximate surface area is 186 Å². The van der Waals surface area contributed by atoms with Crippen molar-refractivity contribution >= 4 is 44.1 Å². The molecule has 4 aromatic rings. The molecule has 0 spiro atoms. The molecule has 0 bridgehead atoms. The van der Waals surface area contributed by atoms with Gasteiger partial charge in [-0.05, 0) is 60.5 Å². The second-order valence-electron chi connectivity index (χ2n) is 7.34. The zero-order chi connectivity index (χ0) is 22.4. The predicted molar refractivity (Wildman–Crippen MR) is 119 cm³/mol. The van der Waals surface area contributed by atoms with Crippen LogP contribution >= 0.6 is 11.3 Å². The Kier molecular flexibility index (Phi) is 4.86. The first kappa shape index (κ1) is 20.1. The third kappa shape index (κ3) is 3.20. The van der Waals surface area contributed by atoms with Crippen molar-refractivity contribution in [2.45, 2.75) is 19.4 Å². The van der Waals surface area contributed by atoms with Gasteiger partial charge >= 0.3 is 5.91 Å². The van der Waals surface area contributed by atoms with Crippen LogP contribution in [0.5, 0.6) is 0 Å². The molecule has 2 aromatic heterocycles. The van der Waals surface area contributed by atoms with Gasteiger partial charge in [-0.25, -0.2) is 9.37 Å². The zero-order valence-corrected chi connectivity index (χ0v) is 17.7. The average molecular weight is 448 g/mol. The van der Waals surface area contributed by atoms with Crippen molar-refractivity contribution in [3.63, 3.8) is 0 Å². The maximum absolute atomic E-state index is 13.4. The van der Waals surface area contributed by atoms with Gasteiger partial charge in [0.15, 0.2) is 5.13 Å². The molecule has 1 amide bonds. The number of aliphatic hydroxyl groups excluding tert-OH is 1. The van der Waals surface area contributed by atoms with Gasteiger partial charge in [0.25, 0.3) is 5.78 Å². The molecule has 1 atom stereocenters. The van der Waals surface area contributed by atoms with Gasteiger partial charge in [-0.2, -0.15) is 0 Å². The van der Waals surface area contributed by atoms with E-state index in [1.54, 1.807) is 12.1 Å². The number of carbonyl (C=O) groups excluding carboxylic acids is 2. The van der Waals surface area contributed by atoms with Crippen molar-refractivity contribution in [2.24, 2.45) is 0 Å². The lowest BCUT2D eigenvalue weighted by molar-refractivity contribution is -0.132. The monoisotopic (exact) mass is 448 g/mol. The maximum atomic E-state index is 13.4. The Balaban J connectivity index is 1.69. The van der Waals surface area contributed by atoms with E-state index in [1.807, 2.05) is 25.1 Å². The summed E-state index contributed by atoms with van der Waals surface area (Å²) in [6.45, 7) is 2.05. The topological polar surface area (TPSA) is 83.6 Å². The van der Waals surface area contributed by atoms with E-state index < -0.39 is 29.3 Å². The van der Waals surface area contributed by atoms with E-state index in [0.717, 1.165) is 16.7 Å². The van der Waals surface area contributed by atoms with Crippen LogP contribution in [0.1, 0.15) is 29.9 Å². The Hall–Kier alpha value is -3.78. The van der Waals surface area contributed by atoms with E-state index in [9.17, 15) is 19.1 Å². The summed E-state index contributed by atoms with van der Waals surface area (Å²) in [6.07, 6.45) is 2.29. The molecule has 3 heterocycles. The number of furan rings is 1. The van der Waals surface area contributed by atoms with Crippen molar-refractivity contribution in [3.05, 3.63) is 89.1 Å². The number of Topliss-reactive ketones (excluding diaryl/α,β-unsaturated/α-hetero) is 1. The number of rotatable bonds is 4. The lowest BCUT2D eigenvalue weighted by Crippen LogP contribution is -2.29. The summed E-state index contributed by atoms with van der Waals surface area (Å²) in [4.78, 5) is 32.0. The van der Waals surface area contributed by atoms with Crippen LogP contribution in [0, 0.1) is 5.82 Å². The number of halogens is 1. The predicted octanol–water partition coefficient (Wildman–Crippen LogP) is 5.22. The number of nitrogens with zero attached hydrogens (tertiary/aromatic N) is 2. The summed E-state index contributed by atoms with van der Waals surface area (Å²) >= 11 is 1.29. The van der Waals surface area contributed by atoms with Crippen molar-refractivity contribution in [1.29, 1.82) is 0 Å². The fraction of sp³-hybridized carbons (Fsp3) is 0.125. The summed E-state index contributed by atoms with van der Waals surface area (Å²) in [5, 5.41) is 11.3. The average Bonchev–Trinajstić information content (AvgIpc) is 3.52. The highest BCUT2D eigenvalue weighted by Gasteiger charge is 2.49. The first-order chi connectivity index (χ1) is 15.5. The van der Waals surface area contributed by atoms with E-state index in [-0.39, 0.29) is 11.1 Å². The van der Waals surface area contributed by atoms with Crippen LogP contribution in [0.2, 0.25) is 0 Å². The van der Waals surface area contributed by atoms with Gasteiger partial charge in [-0.15, -0.1) is 0 Å². The summed E-state index contributed by atoms with van der Waals surface area (Å²) in [6, 6.07) is 13.2. The second kappa shape index (κ2) is 7.72. The molecule has 1 aliphatic heterocycles. The number of hydrogen-bond acceptors (Lipinski definition) is 6. The Bertz CT molecular complexity index is 1370. The number of aryl methyl sites for hydroxylation is 1. The highest BCUT2D eigenvalue weighted by Crippen LogP contribution is 2.44. The van der Waals surface area contributed by atoms with Gasteiger partial charge < -0.3 is 9.52 Å². The maximum Gasteiger partial charge on any atom is 0.302 e. The summed E-state index contributed by atoms with van der Waals surface area (Å²) < 4.78 is 19.8. The van der Waals surface area contributed by atoms with Crippen molar-refractivity contribution < 1.29 is 23.5 Å². The van der Waals surface area contributed by atoms with E-state index in [0.29, 0.717) is 16.4 Å². The van der Waals surface area contributed by atoms with Gasteiger partial charge in [0.2, 0.25) is 0 Å². The number of amides is 1. The van der Waals surface area contributed by atoms with Gasteiger partial charge in [0.1, 0.15) is 23.4 Å². The molecule has 0 saturated carbocycles. The number of hydrogen-bond donors (Lipinski definition) is 1. The van der Waals surface area contributed by atoms with Crippen molar-refractivity contribution in [3.8, 4) is 0 Å². The van der Waals surface area contributed by atoms with Gasteiger partial charge in [0.05, 0.1) is 22.1 Å². The van der Waals surface area contributed by atoms with Crippen LogP contribution in [0.3, 0.4) is 0 Å². The van der Waals surface area contributed by atoms with Crippen LogP contribution in [-0.4, -0.2) is 21.8 Å². The lowest BCUT2D eigenvalue weighted by Gasteiger charge is -2.20. The quantitative estimate of drug-likeness (QED) is 0.263. The molecule has 1 fully saturated rings. The van der Waals surface area contributed by atoms with Crippen molar-refractivity contribution in [2.75, 3.05) is 4.90 Å². The number of aliphatic hydroxyl groups is 1. The highest BCUT2D eigenvalue weighted by atomic mass is 32.1. The van der Waals surface area contributed by atoms with Gasteiger partial charge in [-0.1, -0.05) is 24.3 Å². The van der Waals surface area contributed by atoms with E-state index in [4.69, 9.17) is 4.42 Å². The first-order valence-electron chi connectivity index (χ1n) is 9.97. The van der Waals surface area contributed by atoms with Crippen LogP contribution in [0.25, 0.3) is 16.0 Å². The molecule has 0 radical (unpaired) electrons. The van der Waals surface area contributed by atoms with Crippen LogP contribution in [0.15, 0.2) is 70.9 Å². The number of carbonyl (C=O) groups is 2. The van der Waals surface area contributed by atoms with E-state index >= 15 is 0 Å². The second-order valence-corrected chi connectivity index (χ2v) is 8.35. The van der Waals surface area contributed by atoms with Crippen molar-refractivity contribution in [1.82, 2.24) is 4.98 Å². The Morgan fingerprint density at radius 3 is 2.66 bits per heavy atom. The number of anilines is 1. The molecule has 5 rings (SSSR count). The fourth-order valence-electron chi connectivity index (χ4n) is 3.79. The molecule has 6 nitrogen and oxygen atoms in total. The summed E-state index contributed by atoms with van der Waals surface area (Å²) in [5.41, 5.74) is 1.93. The summed E-state index contributed by atoms with van der Waals surface area (Å²) in [5.74, 6) is -2.25. The largest absolute Gasteiger partial charge is 0.507 e. The fourth-order valence-corrected chi connectivity index (χ4v) is 4.84. The molecular formula is C24H17FN2O4S. The Morgan fingerprint density at radius 2 is 1.97 bits per heavy atom. The first-order valence-corrected chi connectivity index (χ1v) is 10.8. The molecule has 8 heteroatoms. The molecule has 1 saturated heterocycles. The third-order valence-electron chi connectivity index (χ3n) is 5.43. The van der Waals surface area contributed by atoms with Crippen LogP contribution in [-0.2, 0) is 16.0 Å². The minimum atomic E-state index is -0.999. The number of aromatic nitrogens is 1. The smallest absolute Gasteiger partial charge is 0.302 e. The molecule has 160 valence electrons. The zero-order valence-electron chi connectivity index (χ0n) is 16.9. The Morgan fingerprint density at radius 1 is 1.19 bits per heavy atom. The summed E-state index contributed by atoms with van der Waals surface area (Å²) in [7, 11) is 0. The molecule has 0 aliphatic carbocycles. The molecule has 1 aliphatic rings. The molecule has 1 N–H and O–H groups in total. The third-order valence-corrected chi connectivity index (χ3v) is 6.45. The highest BCUT2D eigenvalue weighted by molar-refractivity contribution is 7.22. The molecule has 2 aromatic carbocycles. The molecule has 32 heavy (non-hydrogen) atoms. The van der Waals surface area contributed by atoms with Gasteiger partial charge in [0, 0.05) is 5.56 Å². The minimum absolute atomic E-state index is 0.134. The molecular weight excluding hydrogens is 431 g/mol. The van der Waals surface area contributed by atoms with Crippen LogP contribution in [0.4, 0.5) is 9.52 Å². The number of ketones is 1. The van der Waals surface area contributed by atoms with E-state index in [1.165, 1.54) is 46.8 Å². The number of fused-ring (bicyclic) bond motifs is 1. The SMILES string of the molecule is CCc1ccc2nc(N3C(=O)C(=O)C(=C(O)c4ccc(F)cc4)[C@@H]3c3ccco3)sc2c1. The normalized spacial score (nSPS) is 18.1. The lowest BCUT2D eigenvalue weighted by atomic mass is 9.99. The van der Waals surface area contributed by atoms with Crippen LogP contribution < -0.4 is 4.90 Å². The number of benzene rings is 2. The standard InChI is InChI=1S/C24H17FN2O4S/c1-2-13-5-10-16-18(12-13)32-24(26-16)27-20(17-4-3-11-31-17)19(22(29)23(27)30)21(28)14-6-8-15(25)9-7-14/h3-12,20,28H,2H2,1H3/t20-/m0/s1.